The molecule has 0 saturated carbocycles. The minimum absolute atomic E-state index is 0.758. The van der Waals surface area contributed by atoms with Crippen LogP contribution in [0.4, 0.5) is 0 Å². The summed E-state index contributed by atoms with van der Waals surface area (Å²) in [7, 11) is 0. The van der Waals surface area contributed by atoms with Gasteiger partial charge < -0.3 is 0 Å². The molecule has 0 atom stereocenters. The highest BCUT2D eigenvalue weighted by atomic mass is 15.2. The van der Waals surface area contributed by atoms with Crippen LogP contribution >= 0.6 is 0 Å². The summed E-state index contributed by atoms with van der Waals surface area (Å²) in [6, 6.07) is 0. The first-order valence-electron chi connectivity index (χ1n) is 9.34. The highest BCUT2D eigenvalue weighted by Crippen LogP contribution is 1.92. The molecule has 0 N–H and O–H groups in total. The quantitative estimate of drug-likeness (QED) is 0.613. The van der Waals surface area contributed by atoms with Gasteiger partial charge in [0.2, 0.25) is 0 Å². The first-order chi connectivity index (χ1) is 12.9. The molecule has 0 saturated heterocycles. The zero-order valence-electron chi connectivity index (χ0n) is 15.5. The summed E-state index contributed by atoms with van der Waals surface area (Å²) in [5, 5.41) is 0. The number of hydrogen-bond donors (Lipinski definition) is 0. The van der Waals surface area contributed by atoms with E-state index in [1.54, 1.807) is 37.3 Å². The van der Waals surface area contributed by atoms with Gasteiger partial charge in [0.1, 0.15) is 0 Å². The standard InChI is InChI=1S/C18H30N8/c1-2-20-8-14-26-17-11-23-5-3-21-9-15-25(13-7-19-1)16-10-22-4-6-24-12-18-26/h1-6H,7-18H2/b19-1+,20-2+,21-3+,22-4+,23-5+,24-6+. The van der Waals surface area contributed by atoms with Crippen molar-refractivity contribution in [1.82, 2.24) is 9.80 Å². The number of aliphatic imine (C=N–C) groups is 6. The summed E-state index contributed by atoms with van der Waals surface area (Å²) < 4.78 is 0. The Kier molecular flexibility index (Phi) is 11.0. The van der Waals surface area contributed by atoms with Crippen molar-refractivity contribution in [2.24, 2.45) is 30.0 Å². The second-order valence-corrected chi connectivity index (χ2v) is 6.01. The molecule has 2 bridgehead atoms. The van der Waals surface area contributed by atoms with Gasteiger partial charge in [0.05, 0.1) is 39.3 Å². The molecule has 3 heterocycles. The van der Waals surface area contributed by atoms with Gasteiger partial charge >= 0.3 is 0 Å². The summed E-state index contributed by atoms with van der Waals surface area (Å²) in [5.41, 5.74) is 0. The molecule has 0 spiro atoms. The maximum absolute atomic E-state index is 4.43. The van der Waals surface area contributed by atoms with Gasteiger partial charge in [0.25, 0.3) is 0 Å². The minimum atomic E-state index is 0.758. The van der Waals surface area contributed by atoms with Gasteiger partial charge in [-0.1, -0.05) is 0 Å². The first kappa shape index (κ1) is 20.3. The van der Waals surface area contributed by atoms with Crippen LogP contribution in [0, 0.1) is 0 Å². The third-order valence-corrected chi connectivity index (χ3v) is 4.10. The van der Waals surface area contributed by atoms with E-state index in [4.69, 9.17) is 0 Å². The van der Waals surface area contributed by atoms with E-state index in [1.165, 1.54) is 0 Å². The van der Waals surface area contributed by atoms with Gasteiger partial charge in [0, 0.05) is 76.6 Å². The molecule has 0 aromatic rings. The highest BCUT2D eigenvalue weighted by Gasteiger charge is 2.04. The zero-order chi connectivity index (χ0) is 18.1. The summed E-state index contributed by atoms with van der Waals surface area (Å²) in [6.45, 7) is 9.92. The topological polar surface area (TPSA) is 80.6 Å². The Hall–Kier alpha value is -2.06. The van der Waals surface area contributed by atoms with E-state index >= 15 is 0 Å². The van der Waals surface area contributed by atoms with Crippen LogP contribution in [0.2, 0.25) is 0 Å². The molecule has 8 nitrogen and oxygen atoms in total. The van der Waals surface area contributed by atoms with E-state index in [1.807, 2.05) is 0 Å². The third kappa shape index (κ3) is 10.0. The van der Waals surface area contributed by atoms with Crippen molar-refractivity contribution in [2.45, 2.75) is 0 Å². The fraction of sp³-hybridized carbons (Fsp3) is 0.667. The van der Waals surface area contributed by atoms with Crippen LogP contribution < -0.4 is 0 Å². The second kappa shape index (κ2) is 14.1. The van der Waals surface area contributed by atoms with Crippen LogP contribution in [0.5, 0.6) is 0 Å². The number of nitrogens with zero attached hydrogens (tertiary/aromatic N) is 8. The molecule has 142 valence electrons. The van der Waals surface area contributed by atoms with Crippen LogP contribution in [0.3, 0.4) is 0 Å². The third-order valence-electron chi connectivity index (χ3n) is 4.10. The van der Waals surface area contributed by atoms with Gasteiger partial charge in [-0.2, -0.15) is 0 Å². The van der Waals surface area contributed by atoms with Crippen molar-refractivity contribution in [3.05, 3.63) is 0 Å². The van der Waals surface area contributed by atoms with E-state index in [0.29, 0.717) is 0 Å². The Morgan fingerprint density at radius 2 is 0.538 bits per heavy atom. The van der Waals surface area contributed by atoms with Crippen molar-refractivity contribution in [1.29, 1.82) is 0 Å². The van der Waals surface area contributed by atoms with Crippen molar-refractivity contribution >= 4 is 37.3 Å². The smallest absolute Gasteiger partial charge is 0.0517 e. The van der Waals surface area contributed by atoms with Gasteiger partial charge in [-0.3, -0.25) is 39.8 Å². The molecule has 26 heavy (non-hydrogen) atoms. The van der Waals surface area contributed by atoms with E-state index in [9.17, 15) is 0 Å². The predicted molar refractivity (Wildman–Crippen MR) is 113 cm³/mol. The summed E-state index contributed by atoms with van der Waals surface area (Å²) in [6.07, 6.45) is 10.8. The lowest BCUT2D eigenvalue weighted by Crippen LogP contribution is -2.32. The van der Waals surface area contributed by atoms with Crippen LogP contribution in [0.1, 0.15) is 0 Å². The first-order valence-corrected chi connectivity index (χ1v) is 9.34. The highest BCUT2D eigenvalue weighted by molar-refractivity contribution is 6.16. The van der Waals surface area contributed by atoms with E-state index in [0.717, 1.165) is 78.5 Å². The van der Waals surface area contributed by atoms with Crippen molar-refractivity contribution < 1.29 is 0 Å². The fourth-order valence-corrected chi connectivity index (χ4v) is 2.60. The average Bonchev–Trinajstić information content (AvgIpc) is 2.65. The van der Waals surface area contributed by atoms with E-state index < -0.39 is 0 Å². The largest absolute Gasteiger partial charge is 0.298 e. The molecule has 0 radical (unpaired) electrons. The number of fused-ring (bicyclic) bond motifs is 15. The monoisotopic (exact) mass is 358 g/mol. The molecule has 3 rings (SSSR count). The molecular formula is C18H30N8. The molecule has 0 aliphatic carbocycles. The van der Waals surface area contributed by atoms with Crippen molar-refractivity contribution in [3.8, 4) is 0 Å². The van der Waals surface area contributed by atoms with Crippen LogP contribution in [-0.2, 0) is 0 Å². The Bertz CT molecular complexity index is 411. The Morgan fingerprint density at radius 1 is 0.346 bits per heavy atom. The molecule has 3 aliphatic heterocycles. The SMILES string of the molecule is C1=N/CCN2CC/N=C/C=N/CCN(CC/N=C/1)CC/N=C/C=N/CC2. The second-order valence-electron chi connectivity index (χ2n) is 6.01. The van der Waals surface area contributed by atoms with Gasteiger partial charge in [-0.25, -0.2) is 0 Å². The van der Waals surface area contributed by atoms with Crippen LogP contribution in [-0.4, -0.2) is 126 Å². The van der Waals surface area contributed by atoms with Gasteiger partial charge in [-0.05, 0) is 0 Å². The van der Waals surface area contributed by atoms with Gasteiger partial charge in [-0.15, -0.1) is 0 Å². The number of rotatable bonds is 0. The predicted octanol–water partition coefficient (Wildman–Crippen LogP) is 0.0424. The molecule has 0 unspecified atom stereocenters. The lowest BCUT2D eigenvalue weighted by molar-refractivity contribution is 0.298. The molecule has 0 amide bonds. The van der Waals surface area contributed by atoms with Gasteiger partial charge in [0.15, 0.2) is 0 Å². The Balaban J connectivity index is 2.08. The summed E-state index contributed by atoms with van der Waals surface area (Å²) in [5.74, 6) is 0. The number of hydrogen-bond acceptors (Lipinski definition) is 8. The van der Waals surface area contributed by atoms with Crippen LogP contribution in [0.15, 0.2) is 30.0 Å². The molecule has 0 aromatic carbocycles. The van der Waals surface area contributed by atoms with E-state index in [-0.39, 0.29) is 0 Å². The van der Waals surface area contributed by atoms with Crippen molar-refractivity contribution in [2.75, 3.05) is 78.5 Å². The Labute approximate surface area is 156 Å². The molecule has 8 heteroatoms. The minimum Gasteiger partial charge on any atom is -0.298 e. The maximum atomic E-state index is 4.43. The summed E-state index contributed by atoms with van der Waals surface area (Å²) >= 11 is 0. The lowest BCUT2D eigenvalue weighted by Gasteiger charge is -2.19. The Morgan fingerprint density at radius 3 is 0.731 bits per heavy atom. The summed E-state index contributed by atoms with van der Waals surface area (Å²) in [4.78, 5) is 31.3. The molecule has 0 aromatic heterocycles. The molecule has 3 aliphatic rings. The van der Waals surface area contributed by atoms with E-state index in [2.05, 4.69) is 39.8 Å². The zero-order valence-corrected chi connectivity index (χ0v) is 15.5. The fourth-order valence-electron chi connectivity index (χ4n) is 2.60. The van der Waals surface area contributed by atoms with Crippen LogP contribution in [0.25, 0.3) is 0 Å². The van der Waals surface area contributed by atoms with Crippen molar-refractivity contribution in [3.63, 3.8) is 0 Å². The average molecular weight is 358 g/mol. The molecular weight excluding hydrogens is 328 g/mol. The molecule has 0 fully saturated rings. The maximum Gasteiger partial charge on any atom is 0.0517 e. The normalized spacial score (nSPS) is 34.2. The lowest BCUT2D eigenvalue weighted by atomic mass is 10.4.